The zero-order valence-electron chi connectivity index (χ0n) is 17.7. The Hall–Kier alpha value is -2.29. The summed E-state index contributed by atoms with van der Waals surface area (Å²) in [5.41, 5.74) is 2.75. The predicted molar refractivity (Wildman–Crippen MR) is 113 cm³/mol. The third kappa shape index (κ3) is 4.00. The lowest BCUT2D eigenvalue weighted by atomic mass is 9.88. The second kappa shape index (κ2) is 8.68. The molecule has 4 aliphatic heterocycles. The van der Waals surface area contributed by atoms with Crippen LogP contribution in [0.2, 0.25) is 0 Å². The normalized spacial score (nSPS) is 29.4. The standard InChI is InChI=1S/C23H30N4O4/c28-20-5-4-19(22(29)26-20)27-13-17-15(2-1-3-16(17)23(27)30)12-25-18-8-11-31-21(18)14-6-9-24-10-7-14/h1-3,14,18-19,21,24-25H,4-13H2,(H,26,28,29)/t18-,19?,21+/m1/s1. The number of imide groups is 1. The summed E-state index contributed by atoms with van der Waals surface area (Å²) >= 11 is 0. The molecule has 1 aromatic rings. The third-order valence-corrected chi connectivity index (χ3v) is 7.22. The molecule has 3 atom stereocenters. The maximum absolute atomic E-state index is 13.0. The Balaban J connectivity index is 1.27. The van der Waals surface area contributed by atoms with Gasteiger partial charge in [0.2, 0.25) is 11.8 Å². The van der Waals surface area contributed by atoms with Crippen molar-refractivity contribution in [3.8, 4) is 0 Å². The molecule has 0 aromatic heterocycles. The summed E-state index contributed by atoms with van der Waals surface area (Å²) in [5, 5.41) is 9.48. The second-order valence-corrected chi connectivity index (χ2v) is 9.04. The molecule has 3 saturated heterocycles. The monoisotopic (exact) mass is 426 g/mol. The van der Waals surface area contributed by atoms with Gasteiger partial charge in [-0.25, -0.2) is 0 Å². The fraction of sp³-hybridized carbons (Fsp3) is 0.609. The summed E-state index contributed by atoms with van der Waals surface area (Å²) in [6.07, 6.45) is 4.21. The molecular weight excluding hydrogens is 396 g/mol. The van der Waals surface area contributed by atoms with E-state index in [4.69, 9.17) is 4.74 Å². The second-order valence-electron chi connectivity index (χ2n) is 9.04. The van der Waals surface area contributed by atoms with Crippen LogP contribution in [0.25, 0.3) is 0 Å². The van der Waals surface area contributed by atoms with Gasteiger partial charge in [-0.2, -0.15) is 0 Å². The molecule has 0 saturated carbocycles. The van der Waals surface area contributed by atoms with E-state index in [1.165, 1.54) is 0 Å². The lowest BCUT2D eigenvalue weighted by Crippen LogP contribution is -2.52. The van der Waals surface area contributed by atoms with Crippen molar-refractivity contribution in [2.75, 3.05) is 19.7 Å². The number of benzene rings is 1. The molecule has 8 heteroatoms. The SMILES string of the molecule is O=C1CCC(N2Cc3c(CN[C@@H]4CCO[C@H]4C4CCNCC4)cccc3C2=O)C(=O)N1. The van der Waals surface area contributed by atoms with Crippen LogP contribution in [0.1, 0.15) is 53.6 Å². The van der Waals surface area contributed by atoms with Gasteiger partial charge in [0.15, 0.2) is 0 Å². The largest absolute Gasteiger partial charge is 0.376 e. The summed E-state index contributed by atoms with van der Waals surface area (Å²) < 4.78 is 6.10. The maximum atomic E-state index is 13.0. The van der Waals surface area contributed by atoms with Gasteiger partial charge in [0.05, 0.1) is 6.10 Å². The number of fused-ring (bicyclic) bond motifs is 1. The Labute approximate surface area is 182 Å². The van der Waals surface area contributed by atoms with Crippen molar-refractivity contribution >= 4 is 17.7 Å². The molecule has 0 spiro atoms. The van der Waals surface area contributed by atoms with E-state index in [-0.39, 0.29) is 30.2 Å². The molecule has 4 heterocycles. The van der Waals surface area contributed by atoms with Crippen LogP contribution < -0.4 is 16.0 Å². The Morgan fingerprint density at radius 1 is 1.10 bits per heavy atom. The minimum atomic E-state index is -0.578. The number of carbonyl (C=O) groups excluding carboxylic acids is 3. The molecule has 0 aliphatic carbocycles. The average Bonchev–Trinajstić information content (AvgIpc) is 3.38. The highest BCUT2D eigenvalue weighted by Gasteiger charge is 2.40. The van der Waals surface area contributed by atoms with Crippen molar-refractivity contribution in [1.82, 2.24) is 20.9 Å². The summed E-state index contributed by atoms with van der Waals surface area (Å²) in [7, 11) is 0. The number of amides is 3. The minimum absolute atomic E-state index is 0.122. The number of nitrogens with zero attached hydrogens (tertiary/aromatic N) is 1. The van der Waals surface area contributed by atoms with Crippen molar-refractivity contribution in [2.45, 2.75) is 63.4 Å². The summed E-state index contributed by atoms with van der Waals surface area (Å²) in [6, 6.07) is 5.55. The van der Waals surface area contributed by atoms with E-state index in [2.05, 4.69) is 22.0 Å². The molecule has 3 amide bonds. The van der Waals surface area contributed by atoms with E-state index < -0.39 is 6.04 Å². The minimum Gasteiger partial charge on any atom is -0.376 e. The van der Waals surface area contributed by atoms with Gasteiger partial charge in [-0.15, -0.1) is 0 Å². The van der Waals surface area contributed by atoms with Crippen molar-refractivity contribution in [1.29, 1.82) is 0 Å². The smallest absolute Gasteiger partial charge is 0.255 e. The van der Waals surface area contributed by atoms with Gasteiger partial charge in [0, 0.05) is 37.7 Å². The molecule has 0 bridgehead atoms. The first-order valence-electron chi connectivity index (χ1n) is 11.4. The zero-order valence-corrected chi connectivity index (χ0v) is 17.7. The molecule has 8 nitrogen and oxygen atoms in total. The van der Waals surface area contributed by atoms with Gasteiger partial charge in [0.25, 0.3) is 5.91 Å². The van der Waals surface area contributed by atoms with E-state index in [0.29, 0.717) is 37.0 Å². The van der Waals surface area contributed by atoms with Crippen molar-refractivity contribution in [3.05, 3.63) is 34.9 Å². The van der Waals surface area contributed by atoms with Gasteiger partial charge in [0.1, 0.15) is 6.04 Å². The molecule has 1 unspecified atom stereocenters. The first-order chi connectivity index (χ1) is 15.1. The van der Waals surface area contributed by atoms with Crippen LogP contribution in [-0.2, 0) is 27.4 Å². The highest BCUT2D eigenvalue weighted by atomic mass is 16.5. The van der Waals surface area contributed by atoms with E-state index in [1.54, 1.807) is 4.90 Å². The van der Waals surface area contributed by atoms with E-state index in [9.17, 15) is 14.4 Å². The van der Waals surface area contributed by atoms with Gasteiger partial charge in [-0.05, 0) is 61.9 Å². The summed E-state index contributed by atoms with van der Waals surface area (Å²) in [4.78, 5) is 38.4. The van der Waals surface area contributed by atoms with Crippen LogP contribution in [0.5, 0.6) is 0 Å². The number of piperidine rings is 2. The van der Waals surface area contributed by atoms with Crippen molar-refractivity contribution in [2.24, 2.45) is 5.92 Å². The molecule has 31 heavy (non-hydrogen) atoms. The lowest BCUT2D eigenvalue weighted by Gasteiger charge is -2.31. The van der Waals surface area contributed by atoms with Crippen LogP contribution >= 0.6 is 0 Å². The van der Waals surface area contributed by atoms with E-state index in [0.717, 1.165) is 50.1 Å². The van der Waals surface area contributed by atoms with Crippen LogP contribution in [0.15, 0.2) is 18.2 Å². The van der Waals surface area contributed by atoms with Crippen LogP contribution in [0, 0.1) is 5.92 Å². The molecule has 5 rings (SSSR count). The quantitative estimate of drug-likeness (QED) is 0.600. The Kier molecular flexibility index (Phi) is 5.77. The van der Waals surface area contributed by atoms with Crippen LogP contribution in [0.4, 0.5) is 0 Å². The molecular formula is C23H30N4O4. The van der Waals surface area contributed by atoms with Crippen molar-refractivity contribution in [3.63, 3.8) is 0 Å². The fourth-order valence-electron chi connectivity index (χ4n) is 5.52. The number of nitrogens with one attached hydrogen (secondary N) is 3. The first kappa shape index (κ1) is 20.6. The molecule has 0 radical (unpaired) electrons. The predicted octanol–water partition coefficient (Wildman–Crippen LogP) is 0.694. The Morgan fingerprint density at radius 3 is 2.74 bits per heavy atom. The molecule has 4 aliphatic rings. The van der Waals surface area contributed by atoms with Gasteiger partial charge < -0.3 is 20.3 Å². The van der Waals surface area contributed by atoms with Gasteiger partial charge >= 0.3 is 0 Å². The number of hydrogen-bond donors (Lipinski definition) is 3. The first-order valence-corrected chi connectivity index (χ1v) is 11.4. The number of carbonyl (C=O) groups is 3. The van der Waals surface area contributed by atoms with Gasteiger partial charge in [-0.3, -0.25) is 19.7 Å². The number of ether oxygens (including phenoxy) is 1. The van der Waals surface area contributed by atoms with E-state index in [1.807, 2.05) is 12.1 Å². The molecule has 3 N–H and O–H groups in total. The molecule has 3 fully saturated rings. The van der Waals surface area contributed by atoms with E-state index >= 15 is 0 Å². The zero-order chi connectivity index (χ0) is 21.4. The Morgan fingerprint density at radius 2 is 1.94 bits per heavy atom. The average molecular weight is 427 g/mol. The van der Waals surface area contributed by atoms with Crippen LogP contribution in [0.3, 0.4) is 0 Å². The lowest BCUT2D eigenvalue weighted by molar-refractivity contribution is -0.136. The third-order valence-electron chi connectivity index (χ3n) is 7.22. The summed E-state index contributed by atoms with van der Waals surface area (Å²) in [5.74, 6) is -0.169. The molecule has 1 aromatic carbocycles. The fourth-order valence-corrected chi connectivity index (χ4v) is 5.52. The topological polar surface area (TPSA) is 99.8 Å². The van der Waals surface area contributed by atoms with Gasteiger partial charge in [-0.1, -0.05) is 12.1 Å². The Bertz CT molecular complexity index is 882. The highest BCUT2D eigenvalue weighted by molar-refractivity contribution is 6.05. The highest BCUT2D eigenvalue weighted by Crippen LogP contribution is 2.31. The van der Waals surface area contributed by atoms with Crippen LogP contribution in [-0.4, -0.2) is 60.5 Å². The van der Waals surface area contributed by atoms with Crippen molar-refractivity contribution < 1.29 is 19.1 Å². The maximum Gasteiger partial charge on any atom is 0.255 e. The number of hydrogen-bond acceptors (Lipinski definition) is 6. The number of rotatable bonds is 5. The molecule has 166 valence electrons. The summed E-state index contributed by atoms with van der Waals surface area (Å²) in [6.45, 7) is 4.00.